The molecule has 0 aromatic heterocycles. The molecule has 0 spiro atoms. The van der Waals surface area contributed by atoms with Gasteiger partial charge in [-0.3, -0.25) is 0 Å². The van der Waals surface area contributed by atoms with Crippen molar-refractivity contribution in [1.82, 2.24) is 9.44 Å². The first-order chi connectivity index (χ1) is 13.1. The molecule has 0 bridgehead atoms. The van der Waals surface area contributed by atoms with Gasteiger partial charge in [0.1, 0.15) is 10.7 Å². The van der Waals surface area contributed by atoms with E-state index in [1.165, 1.54) is 21.3 Å². The van der Waals surface area contributed by atoms with E-state index < -0.39 is 30.8 Å². The van der Waals surface area contributed by atoms with Crippen LogP contribution < -0.4 is 18.9 Å². The summed E-state index contributed by atoms with van der Waals surface area (Å²) in [6.07, 6.45) is 0. The predicted octanol–water partition coefficient (Wildman–Crippen LogP) is 1.37. The van der Waals surface area contributed by atoms with Gasteiger partial charge >= 0.3 is 0 Å². The summed E-state index contributed by atoms with van der Waals surface area (Å²) >= 11 is 0. The van der Waals surface area contributed by atoms with Crippen molar-refractivity contribution in [3.63, 3.8) is 0 Å². The lowest BCUT2D eigenvalue weighted by Gasteiger charge is -2.12. The Kier molecular flexibility index (Phi) is 6.99. The number of hydrogen-bond acceptors (Lipinski definition) is 6. The second-order valence-corrected chi connectivity index (χ2v) is 9.40. The van der Waals surface area contributed by atoms with Crippen molar-refractivity contribution in [2.75, 3.05) is 21.3 Å². The van der Waals surface area contributed by atoms with Crippen molar-refractivity contribution in [1.29, 1.82) is 0 Å². The van der Waals surface area contributed by atoms with Crippen LogP contribution in [0.4, 0.5) is 4.39 Å². The molecule has 0 amide bonds. The zero-order valence-electron chi connectivity index (χ0n) is 15.5. The third kappa shape index (κ3) is 5.41. The van der Waals surface area contributed by atoms with Gasteiger partial charge in [-0.25, -0.2) is 30.7 Å². The number of nitrogens with one attached hydrogen (secondary N) is 2. The molecular formula is C17H21FN2O6S2. The fourth-order valence-electron chi connectivity index (χ4n) is 2.34. The van der Waals surface area contributed by atoms with Gasteiger partial charge in [-0.1, -0.05) is 24.3 Å². The average Bonchev–Trinajstić information content (AvgIpc) is 2.66. The highest BCUT2D eigenvalue weighted by Gasteiger charge is 2.22. The summed E-state index contributed by atoms with van der Waals surface area (Å²) in [5, 5.41) is 0. The molecule has 2 aromatic carbocycles. The fourth-order valence-corrected chi connectivity index (χ4v) is 4.21. The van der Waals surface area contributed by atoms with Gasteiger partial charge < -0.3 is 9.47 Å². The molecule has 8 nitrogen and oxygen atoms in total. The Labute approximate surface area is 163 Å². The number of rotatable bonds is 9. The summed E-state index contributed by atoms with van der Waals surface area (Å²) in [6.45, 7) is -0.102. The van der Waals surface area contributed by atoms with Gasteiger partial charge in [-0.05, 0) is 18.2 Å². The molecule has 11 heteroatoms. The summed E-state index contributed by atoms with van der Waals surface area (Å²) in [6, 6.07) is 8.32. The van der Waals surface area contributed by atoms with Crippen LogP contribution in [0.15, 0.2) is 41.3 Å². The van der Waals surface area contributed by atoms with Gasteiger partial charge in [-0.15, -0.1) is 0 Å². The highest BCUT2D eigenvalue weighted by atomic mass is 32.2. The second-order valence-electron chi connectivity index (χ2n) is 5.74. The van der Waals surface area contributed by atoms with E-state index in [-0.39, 0.29) is 23.8 Å². The van der Waals surface area contributed by atoms with E-state index in [2.05, 4.69) is 9.44 Å². The standard InChI is InChI=1S/C17H21FN2O6S2/c1-19-27(21,22)11-13-6-4-12(5-7-13)10-20-28(23,24)17-9-16(26-3)15(25-2)8-14(17)18/h4-9,19-20H,10-11H2,1-3H3. The van der Waals surface area contributed by atoms with Crippen LogP contribution in [0, 0.1) is 5.82 Å². The van der Waals surface area contributed by atoms with E-state index in [0.29, 0.717) is 11.1 Å². The van der Waals surface area contributed by atoms with Crippen molar-refractivity contribution in [2.24, 2.45) is 0 Å². The lowest BCUT2D eigenvalue weighted by Crippen LogP contribution is -2.24. The number of methoxy groups -OCH3 is 2. The Balaban J connectivity index is 2.16. The quantitative estimate of drug-likeness (QED) is 0.619. The maximum atomic E-state index is 14.2. The maximum Gasteiger partial charge on any atom is 0.243 e. The first-order valence-electron chi connectivity index (χ1n) is 8.02. The molecule has 0 aliphatic carbocycles. The summed E-state index contributed by atoms with van der Waals surface area (Å²) in [4.78, 5) is -0.568. The predicted molar refractivity (Wildman–Crippen MR) is 102 cm³/mol. The molecular weight excluding hydrogens is 411 g/mol. The van der Waals surface area contributed by atoms with Crippen LogP contribution in [0.2, 0.25) is 0 Å². The summed E-state index contributed by atoms with van der Waals surface area (Å²) < 4.78 is 76.7. The van der Waals surface area contributed by atoms with Crippen molar-refractivity contribution < 1.29 is 30.7 Å². The van der Waals surface area contributed by atoms with Crippen LogP contribution in [0.3, 0.4) is 0 Å². The SMILES string of the molecule is CNS(=O)(=O)Cc1ccc(CNS(=O)(=O)c2cc(OC)c(OC)cc2F)cc1. The Bertz CT molecular complexity index is 1040. The molecule has 154 valence electrons. The molecule has 0 aliphatic rings. The fraction of sp³-hybridized carbons (Fsp3) is 0.294. The topological polar surface area (TPSA) is 111 Å². The molecule has 0 heterocycles. The van der Waals surface area contributed by atoms with E-state index in [0.717, 1.165) is 12.1 Å². The van der Waals surface area contributed by atoms with Gasteiger partial charge in [0.25, 0.3) is 0 Å². The average molecular weight is 432 g/mol. The number of hydrogen-bond donors (Lipinski definition) is 2. The smallest absolute Gasteiger partial charge is 0.243 e. The lowest BCUT2D eigenvalue weighted by molar-refractivity contribution is 0.350. The van der Waals surface area contributed by atoms with Crippen LogP contribution in [0.5, 0.6) is 11.5 Å². The minimum absolute atomic E-state index is 0.0751. The Morgan fingerprint density at radius 1 is 0.929 bits per heavy atom. The first kappa shape index (κ1) is 22.1. The first-order valence-corrected chi connectivity index (χ1v) is 11.2. The van der Waals surface area contributed by atoms with Gasteiger partial charge in [-0.2, -0.15) is 0 Å². The monoisotopic (exact) mass is 432 g/mol. The minimum Gasteiger partial charge on any atom is -0.493 e. The Hall–Kier alpha value is -2.21. The van der Waals surface area contributed by atoms with Crippen LogP contribution in [0.1, 0.15) is 11.1 Å². The summed E-state index contributed by atoms with van der Waals surface area (Å²) in [5.74, 6) is -1.00. The normalized spacial score (nSPS) is 12.0. The molecule has 28 heavy (non-hydrogen) atoms. The van der Waals surface area contributed by atoms with E-state index in [1.54, 1.807) is 24.3 Å². The molecule has 2 aromatic rings. The third-order valence-electron chi connectivity index (χ3n) is 3.88. The van der Waals surface area contributed by atoms with E-state index >= 15 is 0 Å². The molecule has 0 aliphatic heterocycles. The van der Waals surface area contributed by atoms with Crippen LogP contribution >= 0.6 is 0 Å². The lowest BCUT2D eigenvalue weighted by atomic mass is 10.1. The second kappa shape index (κ2) is 8.86. The van der Waals surface area contributed by atoms with Crippen molar-refractivity contribution in [2.45, 2.75) is 17.2 Å². The molecule has 0 unspecified atom stereocenters. The Morgan fingerprint density at radius 2 is 1.46 bits per heavy atom. The molecule has 0 atom stereocenters. The number of benzene rings is 2. The van der Waals surface area contributed by atoms with Gasteiger partial charge in [0.15, 0.2) is 11.5 Å². The molecule has 0 saturated carbocycles. The van der Waals surface area contributed by atoms with Gasteiger partial charge in [0.05, 0.1) is 20.0 Å². The maximum absolute atomic E-state index is 14.2. The van der Waals surface area contributed by atoms with E-state index in [4.69, 9.17) is 9.47 Å². The number of sulfonamides is 2. The largest absolute Gasteiger partial charge is 0.493 e. The van der Waals surface area contributed by atoms with Crippen molar-refractivity contribution in [3.8, 4) is 11.5 Å². The molecule has 0 saturated heterocycles. The molecule has 2 N–H and O–H groups in total. The zero-order valence-corrected chi connectivity index (χ0v) is 17.2. The summed E-state index contributed by atoms with van der Waals surface area (Å²) in [7, 11) is -3.60. The molecule has 2 rings (SSSR count). The molecule has 0 fully saturated rings. The van der Waals surface area contributed by atoms with Crippen LogP contribution in [-0.4, -0.2) is 38.1 Å². The highest BCUT2D eigenvalue weighted by molar-refractivity contribution is 7.89. The van der Waals surface area contributed by atoms with Gasteiger partial charge in [0, 0.05) is 18.7 Å². The van der Waals surface area contributed by atoms with Gasteiger partial charge in [0.2, 0.25) is 20.0 Å². The minimum atomic E-state index is -4.16. The van der Waals surface area contributed by atoms with Crippen LogP contribution in [0.25, 0.3) is 0 Å². The van der Waals surface area contributed by atoms with Crippen molar-refractivity contribution in [3.05, 3.63) is 53.3 Å². The zero-order chi connectivity index (χ0) is 20.9. The van der Waals surface area contributed by atoms with Crippen LogP contribution in [-0.2, 0) is 32.3 Å². The highest BCUT2D eigenvalue weighted by Crippen LogP contribution is 2.31. The Morgan fingerprint density at radius 3 is 2.00 bits per heavy atom. The number of ether oxygens (including phenoxy) is 2. The number of halogens is 1. The molecule has 0 radical (unpaired) electrons. The van der Waals surface area contributed by atoms with Crippen molar-refractivity contribution >= 4 is 20.0 Å². The third-order valence-corrected chi connectivity index (χ3v) is 6.64. The van der Waals surface area contributed by atoms with E-state index in [1.807, 2.05) is 0 Å². The van der Waals surface area contributed by atoms with E-state index in [9.17, 15) is 21.2 Å². The summed E-state index contributed by atoms with van der Waals surface area (Å²) in [5.41, 5.74) is 1.13.